The fourth-order valence-corrected chi connectivity index (χ4v) is 1.44. The Bertz CT molecular complexity index is 350. The normalized spacial score (nSPS) is 15.1. The molecule has 0 N–H and O–H groups in total. The summed E-state index contributed by atoms with van der Waals surface area (Å²) >= 11 is 1.74. The summed E-state index contributed by atoms with van der Waals surface area (Å²) in [5.41, 5.74) is 3.08. The van der Waals surface area contributed by atoms with Crippen molar-refractivity contribution in [1.29, 1.82) is 0 Å². The third-order valence-corrected chi connectivity index (χ3v) is 2.03. The fraction of sp³-hybridized carbons (Fsp3) is 0.385. The van der Waals surface area contributed by atoms with E-state index in [0.29, 0.717) is 0 Å². The van der Waals surface area contributed by atoms with Gasteiger partial charge in [-0.15, -0.1) is 6.42 Å². The van der Waals surface area contributed by atoms with Gasteiger partial charge in [0.15, 0.2) is 0 Å². The Hall–Kier alpha value is 0.640. The van der Waals surface area contributed by atoms with E-state index in [0.717, 1.165) is 19.3 Å². The van der Waals surface area contributed by atoms with Crippen LogP contribution in [0.15, 0.2) is 41.5 Å². The second kappa shape index (κ2) is 11.7. The zero-order valence-electron chi connectivity index (χ0n) is 10.3. The quantitative estimate of drug-likeness (QED) is 0.384. The summed E-state index contributed by atoms with van der Waals surface area (Å²) in [6, 6.07) is 0. The molecule has 0 aromatic carbocycles. The van der Waals surface area contributed by atoms with Crippen LogP contribution >= 0.6 is 0 Å². The van der Waals surface area contributed by atoms with E-state index in [1.807, 2.05) is 0 Å². The van der Waals surface area contributed by atoms with E-state index in [4.69, 9.17) is 0 Å². The van der Waals surface area contributed by atoms with E-state index in [2.05, 4.69) is 49.6 Å². The second-order valence-corrected chi connectivity index (χ2v) is 13.3. The molecule has 0 amide bonds. The van der Waals surface area contributed by atoms with Gasteiger partial charge in [0.1, 0.15) is 0 Å². The molecule has 0 unspecified atom stereocenters. The van der Waals surface area contributed by atoms with Crippen LogP contribution in [0.2, 0.25) is 13.1 Å². The monoisotopic (exact) mass is 361 g/mol. The molecule has 0 radical (unpaired) electrons. The smallest absolute Gasteiger partial charge is 0.0130 e. The Morgan fingerprint density at radius 1 is 1.29 bits per heavy atom. The number of hydrogen-bond donors (Lipinski definition) is 0. The van der Waals surface area contributed by atoms with E-state index in [1.165, 1.54) is 11.1 Å². The molecule has 2 rings (SSSR count). The molecule has 0 bridgehead atoms. The van der Waals surface area contributed by atoms with Gasteiger partial charge in [0, 0.05) is 0 Å². The SMILES string of the molecule is C[Si](C)=[Zr+2].[C-]1=C(CC2=CC=CC2)C=CC1.[Cl-].[Cl-]. The van der Waals surface area contributed by atoms with Crippen LogP contribution in [0.5, 0.6) is 0 Å². The van der Waals surface area contributed by atoms with Crippen LogP contribution in [0.1, 0.15) is 19.3 Å². The standard InChI is InChI=1S/C11H11.C2H6Si.2ClH.Zr/c1-2-6-10(5-1)9-11-7-3-4-8-11;1-3-2;;;/h1-3,5,7H,4,6,9H2;1-2H3;2*1H;/q-1;;;;+2/p-2. The molecule has 2 aliphatic rings. The number of hydrogen-bond acceptors (Lipinski definition) is 0. The van der Waals surface area contributed by atoms with Crippen molar-refractivity contribution in [2.45, 2.75) is 32.4 Å². The molecular weight excluding hydrogens is 346 g/mol. The van der Waals surface area contributed by atoms with Crippen molar-refractivity contribution in [2.24, 2.45) is 0 Å². The van der Waals surface area contributed by atoms with Crippen molar-refractivity contribution in [1.82, 2.24) is 0 Å². The molecule has 0 heterocycles. The van der Waals surface area contributed by atoms with Gasteiger partial charge in [-0.2, -0.15) is 6.08 Å². The Kier molecular flexibility index (Phi) is 13.8. The Morgan fingerprint density at radius 2 is 1.94 bits per heavy atom. The van der Waals surface area contributed by atoms with Crippen molar-refractivity contribution in [3.8, 4) is 0 Å². The van der Waals surface area contributed by atoms with Gasteiger partial charge in [-0.05, 0) is 12.8 Å². The van der Waals surface area contributed by atoms with E-state index < -0.39 is 0 Å². The minimum Gasteiger partial charge on any atom is -1.00 e. The molecule has 17 heavy (non-hydrogen) atoms. The predicted molar refractivity (Wildman–Crippen MR) is 64.5 cm³/mol. The van der Waals surface area contributed by atoms with Gasteiger partial charge in [-0.3, -0.25) is 6.08 Å². The molecule has 92 valence electrons. The third kappa shape index (κ3) is 10.3. The minimum absolute atomic E-state index is 0. The first-order valence-corrected chi connectivity index (χ1v) is 11.5. The van der Waals surface area contributed by atoms with Crippen molar-refractivity contribution < 1.29 is 48.1 Å². The third-order valence-electron chi connectivity index (χ3n) is 2.03. The zero-order chi connectivity index (χ0) is 11.1. The molecule has 0 aliphatic heterocycles. The summed E-state index contributed by atoms with van der Waals surface area (Å²) in [6.45, 7) is 4.62. The summed E-state index contributed by atoms with van der Waals surface area (Å²) in [5.74, 6) is 0. The maximum Gasteiger partial charge on any atom is -0.0130 e. The van der Waals surface area contributed by atoms with Crippen molar-refractivity contribution in [2.75, 3.05) is 0 Å². The first-order chi connectivity index (χ1) is 7.18. The molecule has 0 saturated heterocycles. The van der Waals surface area contributed by atoms with Gasteiger partial charge >= 0.3 is 41.9 Å². The average Bonchev–Trinajstić information content (AvgIpc) is 2.76. The van der Waals surface area contributed by atoms with Crippen LogP contribution in [-0.4, -0.2) is 5.43 Å². The van der Waals surface area contributed by atoms with Crippen LogP contribution < -0.4 is 24.8 Å². The molecule has 0 fully saturated rings. The van der Waals surface area contributed by atoms with E-state index >= 15 is 0 Å². The van der Waals surface area contributed by atoms with Crippen molar-refractivity contribution in [3.63, 3.8) is 0 Å². The van der Waals surface area contributed by atoms with Gasteiger partial charge in [-0.25, -0.2) is 11.6 Å². The molecule has 0 aromatic rings. The molecule has 0 nitrogen and oxygen atoms in total. The van der Waals surface area contributed by atoms with Crippen molar-refractivity contribution >= 4 is 5.43 Å². The number of rotatable bonds is 2. The van der Waals surface area contributed by atoms with Gasteiger partial charge < -0.3 is 24.8 Å². The predicted octanol–water partition coefficient (Wildman–Crippen LogP) is -2.26. The molecule has 0 aromatic heterocycles. The summed E-state index contributed by atoms with van der Waals surface area (Å²) in [4.78, 5) is 0. The van der Waals surface area contributed by atoms with Crippen LogP contribution in [0.3, 0.4) is 0 Å². The van der Waals surface area contributed by atoms with Crippen LogP contribution in [0, 0.1) is 6.08 Å². The summed E-state index contributed by atoms with van der Waals surface area (Å²) in [5, 5.41) is 0. The molecule has 0 saturated carbocycles. The van der Waals surface area contributed by atoms with Gasteiger partial charge in [0.05, 0.1) is 0 Å². The van der Waals surface area contributed by atoms with Gasteiger partial charge in [0.2, 0.25) is 0 Å². The molecule has 0 spiro atoms. The summed E-state index contributed by atoms with van der Waals surface area (Å²) in [7, 11) is 0. The largest absolute Gasteiger partial charge is 1.00 e. The van der Waals surface area contributed by atoms with E-state index in [1.54, 1.807) is 23.3 Å². The number of allylic oxidation sites excluding steroid dienone is 8. The fourth-order valence-electron chi connectivity index (χ4n) is 1.44. The summed E-state index contributed by atoms with van der Waals surface area (Å²) < 4.78 is 0. The van der Waals surface area contributed by atoms with Crippen LogP contribution in [0.25, 0.3) is 0 Å². The first-order valence-electron chi connectivity index (χ1n) is 5.31. The molecule has 2 aliphatic carbocycles. The van der Waals surface area contributed by atoms with Crippen molar-refractivity contribution in [3.05, 3.63) is 47.6 Å². The van der Waals surface area contributed by atoms with Gasteiger partial charge in [0.25, 0.3) is 0 Å². The average molecular weight is 363 g/mol. The Labute approximate surface area is 133 Å². The molecule has 0 atom stereocenters. The Balaban J connectivity index is 0. The Morgan fingerprint density at radius 3 is 2.35 bits per heavy atom. The summed E-state index contributed by atoms with van der Waals surface area (Å²) in [6.07, 6.45) is 17.5. The van der Waals surface area contributed by atoms with Crippen LogP contribution in [0.4, 0.5) is 0 Å². The maximum atomic E-state index is 3.32. The maximum absolute atomic E-state index is 3.32. The van der Waals surface area contributed by atoms with Gasteiger partial charge in [-0.1, -0.05) is 23.8 Å². The zero-order valence-corrected chi connectivity index (χ0v) is 15.2. The van der Waals surface area contributed by atoms with Crippen LogP contribution in [-0.2, 0) is 23.3 Å². The van der Waals surface area contributed by atoms with E-state index in [-0.39, 0.29) is 30.2 Å². The number of halogens is 2. The second-order valence-electron chi connectivity index (χ2n) is 3.94. The minimum atomic E-state index is 0. The topological polar surface area (TPSA) is 0 Å². The van der Waals surface area contributed by atoms with E-state index in [9.17, 15) is 0 Å². The first kappa shape index (κ1) is 20.0. The molecule has 4 heteroatoms. The molecular formula is C13H17Cl2SiZr-.